The molecule has 0 aliphatic rings. The van der Waals surface area contributed by atoms with E-state index in [0.29, 0.717) is 0 Å². The molecule has 0 aromatic heterocycles. The average Bonchev–Trinajstić information content (AvgIpc) is 2.67. The highest BCUT2D eigenvalue weighted by atomic mass is 32.2. The lowest BCUT2D eigenvalue weighted by Crippen LogP contribution is -2.00. The van der Waals surface area contributed by atoms with Gasteiger partial charge in [-0.2, -0.15) is 0 Å². The van der Waals surface area contributed by atoms with Gasteiger partial charge in [-0.3, -0.25) is 0 Å². The molecule has 0 heterocycles. The molecule has 0 unspecified atom stereocenters. The van der Waals surface area contributed by atoms with E-state index in [1.807, 2.05) is 6.07 Å². The maximum Gasteiger partial charge on any atom is 0.133 e. The van der Waals surface area contributed by atoms with Gasteiger partial charge in [-0.25, -0.2) is 0 Å². The van der Waals surface area contributed by atoms with E-state index in [1.54, 1.807) is 11.8 Å². The first-order valence-corrected chi connectivity index (χ1v) is 12.0. The van der Waals surface area contributed by atoms with E-state index < -0.39 is 0 Å². The number of unbranched alkanes of at least 4 members (excludes halogenated alkanes) is 10. The summed E-state index contributed by atoms with van der Waals surface area (Å²) in [5, 5.41) is 0. The molecule has 0 aliphatic heterocycles. The van der Waals surface area contributed by atoms with Gasteiger partial charge in [0.15, 0.2) is 0 Å². The molecule has 26 heavy (non-hydrogen) atoms. The Kier molecular flexibility index (Phi) is 14.6. The van der Waals surface area contributed by atoms with Gasteiger partial charge in [0.05, 0.1) is 18.1 Å². The summed E-state index contributed by atoms with van der Waals surface area (Å²) in [5.41, 5.74) is 0. The average molecular weight is 381 g/mol. The maximum atomic E-state index is 5.99. The van der Waals surface area contributed by atoms with Crippen LogP contribution in [0.25, 0.3) is 0 Å². The normalized spacial score (nSPS) is 10.9. The smallest absolute Gasteiger partial charge is 0.133 e. The van der Waals surface area contributed by atoms with Crippen LogP contribution < -0.4 is 9.47 Å². The Labute approximate surface area is 166 Å². The molecule has 0 spiro atoms. The van der Waals surface area contributed by atoms with E-state index in [-0.39, 0.29) is 0 Å². The summed E-state index contributed by atoms with van der Waals surface area (Å²) >= 11 is 1.73. The third-order valence-electron chi connectivity index (χ3n) is 4.66. The van der Waals surface area contributed by atoms with Crippen molar-refractivity contribution in [3.05, 3.63) is 18.2 Å². The Balaban J connectivity index is 2.24. The summed E-state index contributed by atoms with van der Waals surface area (Å²) in [5.74, 6) is 1.97. The number of benzene rings is 1. The fraction of sp³-hybridized carbons (Fsp3) is 0.739. The number of ether oxygens (including phenoxy) is 2. The Hall–Kier alpha value is -0.830. The van der Waals surface area contributed by atoms with Crippen molar-refractivity contribution >= 4 is 11.8 Å². The Morgan fingerprint density at radius 2 is 1.23 bits per heavy atom. The lowest BCUT2D eigenvalue weighted by Gasteiger charge is -2.12. The predicted molar refractivity (Wildman–Crippen MR) is 116 cm³/mol. The summed E-state index contributed by atoms with van der Waals surface area (Å²) in [6, 6.07) is 6.24. The number of hydrogen-bond donors (Lipinski definition) is 0. The van der Waals surface area contributed by atoms with Crippen LogP contribution in [0.15, 0.2) is 23.1 Å². The van der Waals surface area contributed by atoms with Crippen LogP contribution in [0.4, 0.5) is 0 Å². The second-order valence-electron chi connectivity index (χ2n) is 7.05. The van der Waals surface area contributed by atoms with Gasteiger partial charge in [-0.15, -0.1) is 11.8 Å². The van der Waals surface area contributed by atoms with E-state index in [9.17, 15) is 0 Å². The lowest BCUT2D eigenvalue weighted by molar-refractivity contribution is 0.290. The zero-order valence-electron chi connectivity index (χ0n) is 17.4. The molecule has 3 heteroatoms. The monoisotopic (exact) mass is 380 g/mol. The molecule has 0 aliphatic carbocycles. The highest BCUT2D eigenvalue weighted by molar-refractivity contribution is 7.98. The fourth-order valence-corrected chi connectivity index (χ4v) is 3.56. The van der Waals surface area contributed by atoms with E-state index in [2.05, 4.69) is 32.2 Å². The predicted octanol–water partition coefficient (Wildman–Crippen LogP) is 7.89. The highest BCUT2D eigenvalue weighted by Crippen LogP contribution is 2.32. The molecule has 0 amide bonds. The van der Waals surface area contributed by atoms with Gasteiger partial charge >= 0.3 is 0 Å². The maximum absolute atomic E-state index is 5.99. The van der Waals surface area contributed by atoms with Gasteiger partial charge in [0.1, 0.15) is 11.5 Å². The van der Waals surface area contributed by atoms with Crippen LogP contribution in [0.5, 0.6) is 11.5 Å². The van der Waals surface area contributed by atoms with Crippen LogP contribution in [0.3, 0.4) is 0 Å². The van der Waals surface area contributed by atoms with Crippen molar-refractivity contribution in [1.82, 2.24) is 0 Å². The van der Waals surface area contributed by atoms with Gasteiger partial charge < -0.3 is 9.47 Å². The van der Waals surface area contributed by atoms with Crippen LogP contribution in [0.1, 0.15) is 90.9 Å². The standard InChI is InChI=1S/C23H40O2S/c1-4-6-8-10-12-14-18-24-21-16-17-22(23(20-21)26-3)25-19-15-13-11-9-7-5-2/h16-17,20H,4-15,18-19H2,1-3H3. The van der Waals surface area contributed by atoms with Crippen LogP contribution in [-0.2, 0) is 0 Å². The van der Waals surface area contributed by atoms with Crippen molar-refractivity contribution in [2.75, 3.05) is 19.5 Å². The minimum atomic E-state index is 0.817. The quantitative estimate of drug-likeness (QED) is 0.202. The first kappa shape index (κ1) is 23.2. The molecule has 0 radical (unpaired) electrons. The first-order valence-electron chi connectivity index (χ1n) is 10.8. The second kappa shape index (κ2) is 16.4. The van der Waals surface area contributed by atoms with Crippen molar-refractivity contribution in [3.8, 4) is 11.5 Å². The molecular weight excluding hydrogens is 340 g/mol. The third kappa shape index (κ3) is 11.0. The Morgan fingerprint density at radius 1 is 0.692 bits per heavy atom. The Morgan fingerprint density at radius 3 is 1.81 bits per heavy atom. The van der Waals surface area contributed by atoms with Gasteiger partial charge in [0, 0.05) is 0 Å². The topological polar surface area (TPSA) is 18.5 Å². The van der Waals surface area contributed by atoms with Crippen molar-refractivity contribution in [3.63, 3.8) is 0 Å². The SMILES string of the molecule is CCCCCCCCOc1ccc(OCCCCCCCC)c(SC)c1. The van der Waals surface area contributed by atoms with Gasteiger partial charge in [-0.1, -0.05) is 78.1 Å². The van der Waals surface area contributed by atoms with Crippen LogP contribution >= 0.6 is 11.8 Å². The number of hydrogen-bond acceptors (Lipinski definition) is 3. The summed E-state index contributed by atoms with van der Waals surface area (Å²) in [4.78, 5) is 1.18. The fourth-order valence-electron chi connectivity index (χ4n) is 2.99. The van der Waals surface area contributed by atoms with Crippen molar-refractivity contribution in [2.45, 2.75) is 95.8 Å². The van der Waals surface area contributed by atoms with Crippen molar-refractivity contribution in [2.24, 2.45) is 0 Å². The minimum absolute atomic E-state index is 0.817. The van der Waals surface area contributed by atoms with Crippen LogP contribution in [0.2, 0.25) is 0 Å². The highest BCUT2D eigenvalue weighted by Gasteiger charge is 2.05. The summed E-state index contributed by atoms with van der Waals surface area (Å²) in [6.45, 7) is 6.15. The zero-order valence-corrected chi connectivity index (χ0v) is 18.2. The molecule has 0 bridgehead atoms. The second-order valence-corrected chi connectivity index (χ2v) is 7.89. The van der Waals surface area contributed by atoms with E-state index in [0.717, 1.165) is 37.6 Å². The van der Waals surface area contributed by atoms with Crippen LogP contribution in [-0.4, -0.2) is 19.5 Å². The summed E-state index contributed by atoms with van der Waals surface area (Å²) < 4.78 is 11.9. The molecule has 0 saturated heterocycles. The van der Waals surface area contributed by atoms with Gasteiger partial charge in [0.25, 0.3) is 0 Å². The van der Waals surface area contributed by atoms with E-state index in [1.165, 1.54) is 69.1 Å². The largest absolute Gasteiger partial charge is 0.494 e. The zero-order chi connectivity index (χ0) is 18.9. The molecule has 1 rings (SSSR count). The van der Waals surface area contributed by atoms with Crippen LogP contribution in [0, 0.1) is 0 Å². The van der Waals surface area contributed by atoms with E-state index >= 15 is 0 Å². The molecule has 0 fully saturated rings. The number of rotatable bonds is 17. The van der Waals surface area contributed by atoms with E-state index in [4.69, 9.17) is 9.47 Å². The Bertz CT molecular complexity index is 448. The third-order valence-corrected chi connectivity index (χ3v) is 5.42. The summed E-state index contributed by atoms with van der Waals surface area (Å²) in [7, 11) is 0. The number of thioether (sulfide) groups is 1. The van der Waals surface area contributed by atoms with Gasteiger partial charge in [0.2, 0.25) is 0 Å². The summed E-state index contributed by atoms with van der Waals surface area (Å²) in [6.07, 6.45) is 17.7. The molecule has 2 nitrogen and oxygen atoms in total. The van der Waals surface area contributed by atoms with Crippen molar-refractivity contribution < 1.29 is 9.47 Å². The minimum Gasteiger partial charge on any atom is -0.494 e. The molecule has 0 saturated carbocycles. The molecular formula is C23H40O2S. The molecule has 0 atom stereocenters. The van der Waals surface area contributed by atoms with Crippen molar-refractivity contribution in [1.29, 1.82) is 0 Å². The lowest BCUT2D eigenvalue weighted by atomic mass is 10.1. The molecule has 1 aromatic rings. The first-order chi connectivity index (χ1) is 12.8. The van der Waals surface area contributed by atoms with Gasteiger partial charge in [-0.05, 0) is 37.3 Å². The molecule has 1 aromatic carbocycles. The molecule has 0 N–H and O–H groups in total. The molecule has 150 valence electrons.